The number of hydrogen-bond acceptors (Lipinski definition) is 1. The lowest BCUT2D eigenvalue weighted by atomic mass is 10.1. The van der Waals surface area contributed by atoms with Crippen LogP contribution >= 0.6 is 11.3 Å². The average Bonchev–Trinajstić information content (AvgIpc) is 2.90. The molecular formula is C15H15NS. The molecule has 3 rings (SSSR count). The van der Waals surface area contributed by atoms with E-state index in [9.17, 15) is 0 Å². The van der Waals surface area contributed by atoms with Crippen molar-refractivity contribution in [3.05, 3.63) is 46.3 Å². The van der Waals surface area contributed by atoms with Gasteiger partial charge in [-0.15, -0.1) is 11.3 Å². The summed E-state index contributed by atoms with van der Waals surface area (Å²) in [6.07, 6.45) is 0. The molecule has 1 N–H and O–H groups in total. The van der Waals surface area contributed by atoms with E-state index >= 15 is 0 Å². The molecule has 0 bridgehead atoms. The summed E-state index contributed by atoms with van der Waals surface area (Å²) >= 11 is 1.84. The Morgan fingerprint density at radius 2 is 1.71 bits per heavy atom. The first-order valence-electron chi connectivity index (χ1n) is 5.81. The van der Waals surface area contributed by atoms with Gasteiger partial charge in [-0.25, -0.2) is 0 Å². The van der Waals surface area contributed by atoms with Gasteiger partial charge in [0, 0.05) is 15.8 Å². The fourth-order valence-corrected chi connectivity index (χ4v) is 3.05. The van der Waals surface area contributed by atoms with Crippen LogP contribution in [0.1, 0.15) is 16.0 Å². The zero-order valence-corrected chi connectivity index (χ0v) is 11.1. The van der Waals surface area contributed by atoms with Crippen molar-refractivity contribution in [2.45, 2.75) is 20.8 Å². The van der Waals surface area contributed by atoms with Gasteiger partial charge in [-0.2, -0.15) is 0 Å². The van der Waals surface area contributed by atoms with Gasteiger partial charge < -0.3 is 4.98 Å². The molecule has 1 nitrogen and oxygen atoms in total. The molecule has 0 spiro atoms. The lowest BCUT2D eigenvalue weighted by Crippen LogP contribution is -1.78. The Kier molecular flexibility index (Phi) is 2.33. The van der Waals surface area contributed by atoms with Crippen LogP contribution in [0.25, 0.3) is 21.5 Å². The molecule has 2 heterocycles. The standard InChI is InChI=1S/C15H15NS/c1-9-4-5-10(2)15-12(9)8-13(16-15)14-7-6-11(3)17-14/h4-8,16H,1-3H3. The Balaban J connectivity index is 2.26. The molecule has 0 unspecified atom stereocenters. The van der Waals surface area contributed by atoms with E-state index in [4.69, 9.17) is 0 Å². The molecule has 1 aromatic carbocycles. The topological polar surface area (TPSA) is 15.8 Å². The molecule has 0 aliphatic heterocycles. The number of aromatic amines is 1. The lowest BCUT2D eigenvalue weighted by Gasteiger charge is -1.98. The van der Waals surface area contributed by atoms with Gasteiger partial charge in [-0.3, -0.25) is 0 Å². The van der Waals surface area contributed by atoms with E-state index in [2.05, 4.69) is 56.1 Å². The monoisotopic (exact) mass is 241 g/mol. The minimum absolute atomic E-state index is 1.23. The molecule has 0 fully saturated rings. The highest BCUT2D eigenvalue weighted by molar-refractivity contribution is 7.15. The van der Waals surface area contributed by atoms with E-state index in [1.165, 1.54) is 37.5 Å². The van der Waals surface area contributed by atoms with Crippen molar-refractivity contribution in [1.82, 2.24) is 4.98 Å². The number of rotatable bonds is 1. The van der Waals surface area contributed by atoms with Gasteiger partial charge >= 0.3 is 0 Å². The first kappa shape index (κ1) is 10.6. The first-order chi connectivity index (χ1) is 8.15. The molecule has 3 aromatic rings. The highest BCUT2D eigenvalue weighted by atomic mass is 32.1. The van der Waals surface area contributed by atoms with Crippen molar-refractivity contribution in [1.29, 1.82) is 0 Å². The van der Waals surface area contributed by atoms with Gasteiger partial charge in [-0.1, -0.05) is 12.1 Å². The summed E-state index contributed by atoms with van der Waals surface area (Å²) in [5, 5.41) is 1.34. The van der Waals surface area contributed by atoms with E-state index in [0.717, 1.165) is 0 Å². The average molecular weight is 241 g/mol. The number of nitrogens with one attached hydrogen (secondary N) is 1. The number of aryl methyl sites for hydroxylation is 3. The van der Waals surface area contributed by atoms with E-state index in [1.807, 2.05) is 11.3 Å². The third-order valence-corrected chi connectivity index (χ3v) is 4.26. The second kappa shape index (κ2) is 3.74. The molecule has 0 radical (unpaired) electrons. The van der Waals surface area contributed by atoms with Crippen LogP contribution in [-0.2, 0) is 0 Å². The van der Waals surface area contributed by atoms with Crippen molar-refractivity contribution in [2.75, 3.05) is 0 Å². The fourth-order valence-electron chi connectivity index (χ4n) is 2.21. The van der Waals surface area contributed by atoms with Crippen LogP contribution in [0.15, 0.2) is 30.3 Å². The number of fused-ring (bicyclic) bond motifs is 1. The minimum Gasteiger partial charge on any atom is -0.354 e. The smallest absolute Gasteiger partial charge is 0.0566 e. The molecule has 86 valence electrons. The van der Waals surface area contributed by atoms with E-state index < -0.39 is 0 Å². The molecule has 2 heteroatoms. The summed E-state index contributed by atoms with van der Waals surface area (Å²) in [7, 11) is 0. The van der Waals surface area contributed by atoms with Gasteiger partial charge in [0.2, 0.25) is 0 Å². The quantitative estimate of drug-likeness (QED) is 0.628. The molecular weight excluding hydrogens is 226 g/mol. The lowest BCUT2D eigenvalue weighted by molar-refractivity contribution is 1.40. The highest BCUT2D eigenvalue weighted by Crippen LogP contribution is 2.32. The van der Waals surface area contributed by atoms with Crippen molar-refractivity contribution in [3.63, 3.8) is 0 Å². The normalized spacial score (nSPS) is 11.2. The molecule has 17 heavy (non-hydrogen) atoms. The molecule has 0 amide bonds. The maximum atomic E-state index is 3.54. The Bertz CT molecular complexity index is 649. The zero-order chi connectivity index (χ0) is 12.0. The van der Waals surface area contributed by atoms with Crippen LogP contribution in [0, 0.1) is 20.8 Å². The Hall–Kier alpha value is -1.54. The van der Waals surface area contributed by atoms with Crippen LogP contribution in [0.4, 0.5) is 0 Å². The number of thiophene rings is 1. The van der Waals surface area contributed by atoms with E-state index in [0.29, 0.717) is 0 Å². The summed E-state index contributed by atoms with van der Waals surface area (Å²) in [6.45, 7) is 6.47. The Morgan fingerprint density at radius 1 is 0.941 bits per heavy atom. The minimum atomic E-state index is 1.23. The Morgan fingerprint density at radius 3 is 2.35 bits per heavy atom. The van der Waals surface area contributed by atoms with Gasteiger partial charge in [-0.05, 0) is 50.1 Å². The summed E-state index contributed by atoms with van der Waals surface area (Å²) in [5.74, 6) is 0. The van der Waals surface area contributed by atoms with Gasteiger partial charge in [0.25, 0.3) is 0 Å². The predicted molar refractivity (Wildman–Crippen MR) is 75.8 cm³/mol. The Labute approximate surface area is 105 Å². The third-order valence-electron chi connectivity index (χ3n) is 3.23. The molecule has 0 saturated carbocycles. The largest absolute Gasteiger partial charge is 0.354 e. The van der Waals surface area contributed by atoms with Gasteiger partial charge in [0.1, 0.15) is 0 Å². The number of hydrogen-bond donors (Lipinski definition) is 1. The van der Waals surface area contributed by atoms with Crippen LogP contribution in [0.5, 0.6) is 0 Å². The van der Waals surface area contributed by atoms with Crippen LogP contribution in [-0.4, -0.2) is 4.98 Å². The van der Waals surface area contributed by atoms with Crippen molar-refractivity contribution in [3.8, 4) is 10.6 Å². The van der Waals surface area contributed by atoms with E-state index in [1.54, 1.807) is 0 Å². The molecule has 0 aliphatic rings. The summed E-state index contributed by atoms with van der Waals surface area (Å²) in [5.41, 5.74) is 5.15. The number of benzene rings is 1. The van der Waals surface area contributed by atoms with Crippen molar-refractivity contribution >= 4 is 22.2 Å². The summed E-state index contributed by atoms with van der Waals surface area (Å²) in [4.78, 5) is 6.22. The van der Waals surface area contributed by atoms with Crippen LogP contribution < -0.4 is 0 Å². The summed E-state index contributed by atoms with van der Waals surface area (Å²) in [6, 6.07) is 11.0. The maximum absolute atomic E-state index is 3.54. The van der Waals surface area contributed by atoms with E-state index in [-0.39, 0.29) is 0 Å². The van der Waals surface area contributed by atoms with Crippen molar-refractivity contribution < 1.29 is 0 Å². The van der Waals surface area contributed by atoms with Gasteiger partial charge in [0.05, 0.1) is 10.6 Å². The molecule has 0 atom stereocenters. The SMILES string of the molecule is Cc1ccc(-c2cc3c(C)ccc(C)c3[nH]2)s1. The maximum Gasteiger partial charge on any atom is 0.0566 e. The van der Waals surface area contributed by atoms with Crippen molar-refractivity contribution in [2.24, 2.45) is 0 Å². The highest BCUT2D eigenvalue weighted by Gasteiger charge is 2.08. The number of H-pyrrole nitrogens is 1. The molecule has 0 aliphatic carbocycles. The molecule has 2 aromatic heterocycles. The first-order valence-corrected chi connectivity index (χ1v) is 6.62. The van der Waals surface area contributed by atoms with Gasteiger partial charge in [0.15, 0.2) is 0 Å². The summed E-state index contributed by atoms with van der Waals surface area (Å²) < 4.78 is 0. The second-order valence-corrected chi connectivity index (χ2v) is 5.87. The fraction of sp³-hybridized carbons (Fsp3) is 0.200. The van der Waals surface area contributed by atoms with Crippen LogP contribution in [0.3, 0.4) is 0 Å². The van der Waals surface area contributed by atoms with Crippen LogP contribution in [0.2, 0.25) is 0 Å². The predicted octanol–water partition coefficient (Wildman–Crippen LogP) is 4.82. The molecule has 0 saturated heterocycles. The third kappa shape index (κ3) is 1.69. The second-order valence-electron chi connectivity index (χ2n) is 4.58. The number of aromatic nitrogens is 1. The zero-order valence-electron chi connectivity index (χ0n) is 10.3.